The lowest BCUT2D eigenvalue weighted by Gasteiger charge is -2.20. The Morgan fingerprint density at radius 1 is 0.629 bits per heavy atom. The molecular formula is C30H36N2SSi2. The topological polar surface area (TPSA) is 25.8 Å². The minimum atomic E-state index is -1.60. The van der Waals surface area contributed by atoms with Crippen LogP contribution in [-0.4, -0.2) is 24.9 Å². The molecule has 4 aromatic rings. The number of rotatable bonds is 6. The van der Waals surface area contributed by atoms with Crippen molar-refractivity contribution in [1.82, 2.24) is 8.75 Å². The first-order chi connectivity index (χ1) is 17.0. The second kappa shape index (κ2) is 10.7. The van der Waals surface area contributed by atoms with Crippen molar-refractivity contribution in [2.24, 2.45) is 0 Å². The second-order valence-electron chi connectivity index (χ2n) is 9.64. The van der Waals surface area contributed by atoms with E-state index in [1.54, 1.807) is 0 Å². The molecule has 0 saturated heterocycles. The van der Waals surface area contributed by atoms with Gasteiger partial charge in [-0.3, -0.25) is 0 Å². The summed E-state index contributed by atoms with van der Waals surface area (Å²) in [7, 11) is -3.21. The van der Waals surface area contributed by atoms with Crippen LogP contribution in [0.25, 0.3) is 32.6 Å². The Bertz CT molecular complexity index is 1360. The molecule has 0 aliphatic rings. The summed E-state index contributed by atoms with van der Waals surface area (Å²) in [4.78, 5) is 0. The zero-order valence-electron chi connectivity index (χ0n) is 22.0. The molecule has 0 saturated carbocycles. The van der Waals surface area contributed by atoms with Gasteiger partial charge in [0, 0.05) is 10.8 Å². The van der Waals surface area contributed by atoms with Crippen LogP contribution in [0, 0.1) is 22.9 Å². The normalized spacial score (nSPS) is 11.9. The van der Waals surface area contributed by atoms with Crippen LogP contribution in [0.1, 0.15) is 52.7 Å². The van der Waals surface area contributed by atoms with Crippen LogP contribution >= 0.6 is 11.7 Å². The van der Waals surface area contributed by atoms with Gasteiger partial charge < -0.3 is 0 Å². The highest BCUT2D eigenvalue weighted by Crippen LogP contribution is 2.35. The van der Waals surface area contributed by atoms with E-state index in [4.69, 9.17) is 8.75 Å². The fraction of sp³-hybridized carbons (Fsp3) is 0.400. The number of fused-ring (bicyclic) bond motifs is 3. The lowest BCUT2D eigenvalue weighted by molar-refractivity contribution is 1.20. The molecule has 2 nitrogen and oxygen atoms in total. The van der Waals surface area contributed by atoms with E-state index in [9.17, 15) is 0 Å². The van der Waals surface area contributed by atoms with Crippen molar-refractivity contribution in [3.05, 3.63) is 47.5 Å². The third kappa shape index (κ3) is 4.70. The van der Waals surface area contributed by atoms with Gasteiger partial charge in [0.1, 0.15) is 27.2 Å². The van der Waals surface area contributed by atoms with Crippen LogP contribution < -0.4 is 0 Å². The van der Waals surface area contributed by atoms with Gasteiger partial charge in [0.2, 0.25) is 0 Å². The van der Waals surface area contributed by atoms with Gasteiger partial charge in [-0.05, 0) is 59.2 Å². The SMILES string of the molecule is CC[Si](C#Cc1c2cc3ccccc3cc2c(C#C[Si](CC)(CC)CC)c2nsnc12)(CC)CC. The van der Waals surface area contributed by atoms with Crippen molar-refractivity contribution in [2.45, 2.75) is 77.8 Å². The molecule has 0 aliphatic carbocycles. The number of aromatic nitrogens is 2. The zero-order chi connectivity index (χ0) is 25.1. The zero-order valence-corrected chi connectivity index (χ0v) is 24.8. The first-order valence-electron chi connectivity index (χ1n) is 13.2. The summed E-state index contributed by atoms with van der Waals surface area (Å²) in [5, 5.41) is 4.80. The van der Waals surface area contributed by atoms with E-state index in [1.165, 1.54) is 69.5 Å². The van der Waals surface area contributed by atoms with Gasteiger partial charge in [0.05, 0.1) is 22.9 Å². The lowest BCUT2D eigenvalue weighted by atomic mass is 9.94. The molecule has 0 fully saturated rings. The van der Waals surface area contributed by atoms with Crippen LogP contribution in [0.2, 0.25) is 36.3 Å². The summed E-state index contributed by atoms with van der Waals surface area (Å²) in [6.07, 6.45) is 0. The van der Waals surface area contributed by atoms with E-state index in [2.05, 4.69) is 101 Å². The van der Waals surface area contributed by atoms with Crippen LogP contribution in [0.5, 0.6) is 0 Å². The quantitative estimate of drug-likeness (QED) is 0.146. The van der Waals surface area contributed by atoms with Crippen molar-refractivity contribution in [3.8, 4) is 22.9 Å². The molecule has 3 aromatic carbocycles. The summed E-state index contributed by atoms with van der Waals surface area (Å²) in [6, 6.07) is 20.3. The summed E-state index contributed by atoms with van der Waals surface area (Å²) < 4.78 is 9.56. The van der Waals surface area contributed by atoms with E-state index in [0.29, 0.717) is 0 Å². The van der Waals surface area contributed by atoms with Crippen LogP contribution in [0.3, 0.4) is 0 Å². The lowest BCUT2D eigenvalue weighted by Crippen LogP contribution is -2.29. The molecule has 35 heavy (non-hydrogen) atoms. The molecule has 0 bridgehead atoms. The van der Waals surface area contributed by atoms with Crippen LogP contribution in [0.4, 0.5) is 0 Å². The smallest absolute Gasteiger partial charge is 0.138 e. The minimum Gasteiger partial charge on any atom is -0.172 e. The highest BCUT2D eigenvalue weighted by atomic mass is 32.1. The van der Waals surface area contributed by atoms with Crippen LogP contribution in [0.15, 0.2) is 36.4 Å². The molecule has 0 atom stereocenters. The van der Waals surface area contributed by atoms with Gasteiger partial charge in [-0.1, -0.05) is 77.6 Å². The Morgan fingerprint density at radius 2 is 1.00 bits per heavy atom. The van der Waals surface area contributed by atoms with Gasteiger partial charge >= 0.3 is 0 Å². The van der Waals surface area contributed by atoms with E-state index >= 15 is 0 Å². The summed E-state index contributed by atoms with van der Waals surface area (Å²) in [5.74, 6) is 7.37. The Hall–Kier alpha value is -2.45. The average Bonchev–Trinajstić information content (AvgIpc) is 3.39. The number of benzene rings is 3. The maximum atomic E-state index is 4.78. The summed E-state index contributed by atoms with van der Waals surface area (Å²) in [5.41, 5.74) is 11.6. The molecule has 0 radical (unpaired) electrons. The Labute approximate surface area is 216 Å². The predicted octanol–water partition coefficient (Wildman–Crippen LogP) is 8.80. The third-order valence-electron chi connectivity index (χ3n) is 8.35. The molecule has 0 spiro atoms. The van der Waals surface area contributed by atoms with Gasteiger partial charge in [0.25, 0.3) is 0 Å². The number of hydrogen-bond acceptors (Lipinski definition) is 3. The van der Waals surface area contributed by atoms with Crippen molar-refractivity contribution in [2.75, 3.05) is 0 Å². The van der Waals surface area contributed by atoms with Crippen molar-refractivity contribution < 1.29 is 0 Å². The first kappa shape index (κ1) is 25.6. The van der Waals surface area contributed by atoms with E-state index in [0.717, 1.165) is 22.2 Å². The summed E-state index contributed by atoms with van der Waals surface area (Å²) >= 11 is 1.28. The van der Waals surface area contributed by atoms with E-state index < -0.39 is 16.1 Å². The number of nitrogens with zero attached hydrogens (tertiary/aromatic N) is 2. The van der Waals surface area contributed by atoms with Crippen molar-refractivity contribution in [1.29, 1.82) is 0 Å². The minimum absolute atomic E-state index is 0.928. The fourth-order valence-electron chi connectivity index (χ4n) is 5.10. The first-order valence-corrected chi connectivity index (χ1v) is 19.1. The predicted molar refractivity (Wildman–Crippen MR) is 161 cm³/mol. The summed E-state index contributed by atoms with van der Waals surface area (Å²) in [6.45, 7) is 13.9. The Morgan fingerprint density at radius 3 is 1.34 bits per heavy atom. The second-order valence-corrected chi connectivity index (χ2v) is 20.0. The fourth-order valence-corrected chi connectivity index (χ4v) is 10.5. The van der Waals surface area contributed by atoms with Gasteiger partial charge in [-0.25, -0.2) is 0 Å². The van der Waals surface area contributed by atoms with Gasteiger partial charge in [0.15, 0.2) is 0 Å². The maximum Gasteiger partial charge on any atom is 0.138 e. The molecular weight excluding hydrogens is 477 g/mol. The third-order valence-corrected chi connectivity index (χ3v) is 18.3. The Balaban J connectivity index is 2.11. The monoisotopic (exact) mass is 512 g/mol. The van der Waals surface area contributed by atoms with Crippen LogP contribution in [-0.2, 0) is 0 Å². The largest absolute Gasteiger partial charge is 0.172 e. The molecule has 0 amide bonds. The molecule has 0 aliphatic heterocycles. The molecule has 0 unspecified atom stereocenters. The molecule has 0 N–H and O–H groups in total. The standard InChI is InChI=1S/C30H36N2SSi2/c1-7-34(8-2,9-3)19-17-25-27-21-23-15-13-14-16-24(23)22-28(27)26(30-29(25)31-33-32-30)18-20-35(10-4,11-5)12-6/h13-16,21-22H,7-12H2,1-6H3. The molecule has 180 valence electrons. The van der Waals surface area contributed by atoms with Crippen molar-refractivity contribution in [3.63, 3.8) is 0 Å². The highest BCUT2D eigenvalue weighted by Gasteiger charge is 2.26. The van der Waals surface area contributed by atoms with Crippen molar-refractivity contribution >= 4 is 60.5 Å². The Kier molecular flexibility index (Phi) is 7.81. The molecule has 4 rings (SSSR count). The van der Waals surface area contributed by atoms with E-state index in [1.807, 2.05) is 0 Å². The molecule has 1 aromatic heterocycles. The van der Waals surface area contributed by atoms with Gasteiger partial charge in [-0.15, -0.1) is 11.1 Å². The van der Waals surface area contributed by atoms with E-state index in [-0.39, 0.29) is 0 Å². The molecule has 1 heterocycles. The highest BCUT2D eigenvalue weighted by molar-refractivity contribution is 7.00. The maximum absolute atomic E-state index is 4.78. The average molecular weight is 513 g/mol. The van der Waals surface area contributed by atoms with Gasteiger partial charge in [-0.2, -0.15) is 8.75 Å². The number of hydrogen-bond donors (Lipinski definition) is 0. The molecule has 5 heteroatoms.